The Morgan fingerprint density at radius 3 is 2.73 bits per heavy atom. The number of hydrogen-bond donors (Lipinski definition) is 1. The van der Waals surface area contributed by atoms with Gasteiger partial charge in [0.25, 0.3) is 0 Å². The molecule has 0 saturated heterocycles. The van der Waals surface area contributed by atoms with Crippen molar-refractivity contribution < 1.29 is 13.7 Å². The molecule has 7 heteroatoms. The summed E-state index contributed by atoms with van der Waals surface area (Å²) in [5.74, 6) is 0.908. The third kappa shape index (κ3) is 3.75. The Kier molecular flexibility index (Phi) is 4.65. The molecule has 0 unspecified atom stereocenters. The fourth-order valence-corrected chi connectivity index (χ4v) is 4.22. The molecule has 0 bridgehead atoms. The Morgan fingerprint density at radius 2 is 1.93 bits per heavy atom. The van der Waals surface area contributed by atoms with Gasteiger partial charge in [-0.2, -0.15) is 0 Å². The van der Waals surface area contributed by atoms with E-state index in [2.05, 4.69) is 29.5 Å². The Bertz CT molecular complexity index is 1320. The zero-order valence-electron chi connectivity index (χ0n) is 16.1. The molecule has 3 heterocycles. The van der Waals surface area contributed by atoms with Crippen molar-refractivity contribution in [2.45, 2.75) is 13.3 Å². The summed E-state index contributed by atoms with van der Waals surface area (Å²) in [6.45, 7) is 2.08. The van der Waals surface area contributed by atoms with E-state index in [1.165, 1.54) is 10.3 Å². The van der Waals surface area contributed by atoms with E-state index >= 15 is 0 Å². The number of nitrogens with one attached hydrogen (secondary N) is 1. The fraction of sp³-hybridized carbons (Fsp3) is 0.0870. The van der Waals surface area contributed by atoms with Crippen molar-refractivity contribution >= 4 is 33.1 Å². The number of hydrogen-bond acceptors (Lipinski definition) is 6. The lowest BCUT2D eigenvalue weighted by molar-refractivity contribution is -0.115. The maximum Gasteiger partial charge on any atom is 0.230 e. The van der Waals surface area contributed by atoms with Gasteiger partial charge in [0, 0.05) is 17.3 Å². The Hall–Kier alpha value is -3.71. The molecule has 0 saturated carbocycles. The molecule has 148 valence electrons. The molecule has 0 aliphatic heterocycles. The molecule has 0 fully saturated rings. The number of fused-ring (bicyclic) bond motifs is 1. The summed E-state index contributed by atoms with van der Waals surface area (Å²) < 4.78 is 11.7. The highest BCUT2D eigenvalue weighted by Crippen LogP contribution is 2.31. The predicted molar refractivity (Wildman–Crippen MR) is 116 cm³/mol. The monoisotopic (exact) mass is 415 g/mol. The van der Waals surface area contributed by atoms with E-state index in [0.29, 0.717) is 17.2 Å². The third-order valence-electron chi connectivity index (χ3n) is 4.62. The number of aryl methyl sites for hydroxylation is 1. The summed E-state index contributed by atoms with van der Waals surface area (Å²) in [6, 6.07) is 19.2. The van der Waals surface area contributed by atoms with Gasteiger partial charge in [0.2, 0.25) is 11.7 Å². The van der Waals surface area contributed by atoms with E-state index in [4.69, 9.17) is 13.9 Å². The van der Waals surface area contributed by atoms with Gasteiger partial charge in [0.15, 0.2) is 5.76 Å². The highest BCUT2D eigenvalue weighted by molar-refractivity contribution is 7.21. The Morgan fingerprint density at radius 1 is 1.07 bits per heavy atom. The number of furan rings is 1. The molecule has 0 radical (unpaired) electrons. The zero-order chi connectivity index (χ0) is 20.5. The highest BCUT2D eigenvalue weighted by Gasteiger charge is 2.13. The predicted octanol–water partition coefficient (Wildman–Crippen LogP) is 5.70. The standard InChI is InChI=1S/C23H17N3O3S/c1-14-4-9-18-21(11-14)30-23(25-18)15-5-7-16(8-6-15)24-22(27)13-17-12-20(29-26-17)19-3-2-10-28-19/h2-12H,13H2,1H3,(H,24,27). The lowest BCUT2D eigenvalue weighted by atomic mass is 10.2. The fourth-order valence-electron chi connectivity index (χ4n) is 3.15. The summed E-state index contributed by atoms with van der Waals surface area (Å²) in [5, 5.41) is 7.78. The number of benzene rings is 2. The molecule has 0 spiro atoms. The average molecular weight is 415 g/mol. The lowest BCUT2D eigenvalue weighted by Gasteiger charge is -2.04. The van der Waals surface area contributed by atoms with Gasteiger partial charge in [0.1, 0.15) is 5.01 Å². The van der Waals surface area contributed by atoms with Crippen molar-refractivity contribution in [2.24, 2.45) is 0 Å². The normalized spacial score (nSPS) is 11.1. The zero-order valence-corrected chi connectivity index (χ0v) is 16.9. The van der Waals surface area contributed by atoms with Gasteiger partial charge >= 0.3 is 0 Å². The van der Waals surface area contributed by atoms with Gasteiger partial charge in [-0.15, -0.1) is 11.3 Å². The quantitative estimate of drug-likeness (QED) is 0.398. The third-order valence-corrected chi connectivity index (χ3v) is 5.69. The first-order chi connectivity index (χ1) is 14.6. The van der Waals surface area contributed by atoms with Crippen LogP contribution in [0.25, 0.3) is 32.3 Å². The summed E-state index contributed by atoms with van der Waals surface area (Å²) in [7, 11) is 0. The van der Waals surface area contributed by atoms with E-state index in [1.54, 1.807) is 35.8 Å². The van der Waals surface area contributed by atoms with E-state index in [-0.39, 0.29) is 12.3 Å². The Balaban J connectivity index is 1.26. The number of rotatable bonds is 5. The number of amides is 1. The second-order valence-electron chi connectivity index (χ2n) is 6.95. The van der Waals surface area contributed by atoms with E-state index < -0.39 is 0 Å². The maximum atomic E-state index is 12.4. The van der Waals surface area contributed by atoms with Gasteiger partial charge in [-0.05, 0) is 61.0 Å². The molecule has 2 aromatic carbocycles. The lowest BCUT2D eigenvalue weighted by Crippen LogP contribution is -2.14. The Labute approximate surface area is 176 Å². The minimum atomic E-state index is -0.169. The van der Waals surface area contributed by atoms with Crippen molar-refractivity contribution in [1.82, 2.24) is 10.1 Å². The van der Waals surface area contributed by atoms with Crippen LogP contribution < -0.4 is 5.32 Å². The number of anilines is 1. The van der Waals surface area contributed by atoms with Crippen LogP contribution in [-0.2, 0) is 11.2 Å². The topological polar surface area (TPSA) is 81.2 Å². The molecule has 0 aliphatic rings. The van der Waals surface area contributed by atoms with Crippen LogP contribution >= 0.6 is 11.3 Å². The summed E-state index contributed by atoms with van der Waals surface area (Å²) in [5.41, 5.74) is 4.50. The molecule has 0 aliphatic carbocycles. The number of aromatic nitrogens is 2. The van der Waals surface area contributed by atoms with Crippen LogP contribution in [0.5, 0.6) is 0 Å². The van der Waals surface area contributed by atoms with Crippen LogP contribution in [0.1, 0.15) is 11.3 Å². The van der Waals surface area contributed by atoms with Crippen LogP contribution in [0.3, 0.4) is 0 Å². The number of thiazole rings is 1. The molecule has 30 heavy (non-hydrogen) atoms. The molecule has 5 rings (SSSR count). The number of carbonyl (C=O) groups excluding carboxylic acids is 1. The van der Waals surface area contributed by atoms with Crippen molar-refractivity contribution in [3.05, 3.63) is 78.2 Å². The molecule has 3 aromatic heterocycles. The van der Waals surface area contributed by atoms with Gasteiger partial charge in [-0.1, -0.05) is 11.2 Å². The molecule has 1 amide bonds. The van der Waals surface area contributed by atoms with Crippen molar-refractivity contribution in [3.63, 3.8) is 0 Å². The van der Waals surface area contributed by atoms with E-state index in [9.17, 15) is 4.79 Å². The molecular weight excluding hydrogens is 398 g/mol. The van der Waals surface area contributed by atoms with E-state index in [0.717, 1.165) is 21.8 Å². The second-order valence-corrected chi connectivity index (χ2v) is 7.98. The van der Waals surface area contributed by atoms with Gasteiger partial charge in [-0.3, -0.25) is 4.79 Å². The second kappa shape index (κ2) is 7.61. The largest absolute Gasteiger partial charge is 0.461 e. The van der Waals surface area contributed by atoms with Crippen molar-refractivity contribution in [3.8, 4) is 22.1 Å². The minimum absolute atomic E-state index is 0.114. The molecule has 1 N–H and O–H groups in total. The van der Waals surface area contributed by atoms with Crippen LogP contribution in [-0.4, -0.2) is 16.0 Å². The van der Waals surface area contributed by atoms with E-state index in [1.807, 2.05) is 30.3 Å². The van der Waals surface area contributed by atoms with Gasteiger partial charge < -0.3 is 14.3 Å². The van der Waals surface area contributed by atoms with Crippen LogP contribution in [0.15, 0.2) is 75.9 Å². The average Bonchev–Trinajstić information content (AvgIpc) is 3.48. The van der Waals surface area contributed by atoms with Crippen LogP contribution in [0.4, 0.5) is 5.69 Å². The molecule has 6 nitrogen and oxygen atoms in total. The first-order valence-electron chi connectivity index (χ1n) is 9.41. The highest BCUT2D eigenvalue weighted by atomic mass is 32.1. The SMILES string of the molecule is Cc1ccc2nc(-c3ccc(NC(=O)Cc4cc(-c5ccco5)on4)cc3)sc2c1. The maximum absolute atomic E-state index is 12.4. The van der Waals surface area contributed by atoms with Gasteiger partial charge in [-0.25, -0.2) is 4.98 Å². The van der Waals surface area contributed by atoms with Crippen molar-refractivity contribution in [2.75, 3.05) is 5.32 Å². The summed E-state index contributed by atoms with van der Waals surface area (Å²) in [6.07, 6.45) is 1.67. The first-order valence-corrected chi connectivity index (χ1v) is 10.2. The number of nitrogens with zero attached hydrogens (tertiary/aromatic N) is 2. The molecule has 5 aromatic rings. The summed E-state index contributed by atoms with van der Waals surface area (Å²) in [4.78, 5) is 17.1. The smallest absolute Gasteiger partial charge is 0.230 e. The molecular formula is C23H17N3O3S. The van der Waals surface area contributed by atoms with Crippen LogP contribution in [0, 0.1) is 6.92 Å². The summed E-state index contributed by atoms with van der Waals surface area (Å²) >= 11 is 1.66. The molecule has 0 atom stereocenters. The van der Waals surface area contributed by atoms with Crippen LogP contribution in [0.2, 0.25) is 0 Å². The number of carbonyl (C=O) groups is 1. The van der Waals surface area contributed by atoms with Crippen molar-refractivity contribution in [1.29, 1.82) is 0 Å². The minimum Gasteiger partial charge on any atom is -0.461 e. The van der Waals surface area contributed by atoms with Gasteiger partial charge in [0.05, 0.1) is 28.6 Å². The first kappa shape index (κ1) is 18.3.